The van der Waals surface area contributed by atoms with E-state index in [9.17, 15) is 9.90 Å². The van der Waals surface area contributed by atoms with Crippen LogP contribution in [-0.4, -0.2) is 33.4 Å². The lowest BCUT2D eigenvalue weighted by Crippen LogP contribution is -2.26. The number of aromatic nitrogens is 2. The van der Waals surface area contributed by atoms with Gasteiger partial charge in [-0.1, -0.05) is 0 Å². The van der Waals surface area contributed by atoms with Gasteiger partial charge < -0.3 is 25.1 Å². The molecule has 0 saturated carbocycles. The Bertz CT molecular complexity index is 1350. The molecule has 0 saturated heterocycles. The number of hydrogen-bond acceptors (Lipinski definition) is 5. The Hall–Kier alpha value is -3.94. The number of fused-ring (bicyclic) bond motifs is 4. The lowest BCUT2D eigenvalue weighted by Gasteiger charge is -2.08. The van der Waals surface area contributed by atoms with Crippen molar-refractivity contribution in [3.05, 3.63) is 41.7 Å². The second-order valence-corrected chi connectivity index (χ2v) is 7.01. The van der Waals surface area contributed by atoms with Crippen LogP contribution in [0.15, 0.2) is 35.6 Å². The Morgan fingerprint density at radius 1 is 1.13 bits per heavy atom. The SMILES string of the molecule is CC(=O)[O-].Cc1c2cc[n+](C)cc2c(C)c2c1[nH]c1ccc(O)c(N=CC(=O)O)c12. The summed E-state index contributed by atoms with van der Waals surface area (Å²) in [6, 6.07) is 5.40. The summed E-state index contributed by atoms with van der Waals surface area (Å²) in [6.45, 7) is 5.06. The van der Waals surface area contributed by atoms with Crippen LogP contribution < -0.4 is 9.67 Å². The number of hydrogen-bond donors (Lipinski definition) is 3. The van der Waals surface area contributed by atoms with E-state index in [1.54, 1.807) is 6.07 Å². The van der Waals surface area contributed by atoms with E-state index in [4.69, 9.17) is 15.0 Å². The van der Waals surface area contributed by atoms with Crippen molar-refractivity contribution in [2.45, 2.75) is 20.8 Å². The van der Waals surface area contributed by atoms with Gasteiger partial charge >= 0.3 is 5.97 Å². The summed E-state index contributed by atoms with van der Waals surface area (Å²) in [7, 11) is 1.97. The molecule has 154 valence electrons. The van der Waals surface area contributed by atoms with Crippen molar-refractivity contribution in [3.8, 4) is 5.75 Å². The molecule has 4 rings (SSSR count). The second-order valence-electron chi connectivity index (χ2n) is 7.01. The molecule has 0 fully saturated rings. The van der Waals surface area contributed by atoms with Crippen LogP contribution >= 0.6 is 0 Å². The van der Waals surface area contributed by atoms with Crippen LogP contribution in [0, 0.1) is 13.8 Å². The number of nitrogens with zero attached hydrogens (tertiary/aromatic N) is 2. The second kappa shape index (κ2) is 7.82. The fourth-order valence-corrected chi connectivity index (χ4v) is 3.66. The first-order valence-corrected chi connectivity index (χ1v) is 9.12. The van der Waals surface area contributed by atoms with Gasteiger partial charge in [0.05, 0.1) is 5.52 Å². The number of carbonyl (C=O) groups excluding carboxylic acids is 1. The average Bonchev–Trinajstić information content (AvgIpc) is 3.05. The van der Waals surface area contributed by atoms with Gasteiger partial charge in [-0.25, -0.2) is 14.4 Å². The van der Waals surface area contributed by atoms with Crippen molar-refractivity contribution >= 4 is 56.4 Å². The molecule has 8 heteroatoms. The van der Waals surface area contributed by atoms with E-state index in [-0.39, 0.29) is 11.4 Å². The van der Waals surface area contributed by atoms with Gasteiger partial charge in [0.2, 0.25) is 0 Å². The number of aryl methyl sites for hydroxylation is 3. The molecule has 0 unspecified atom stereocenters. The number of pyridine rings is 1. The van der Waals surface area contributed by atoms with E-state index >= 15 is 0 Å². The molecule has 8 nitrogen and oxygen atoms in total. The zero-order chi connectivity index (χ0) is 22.2. The van der Waals surface area contributed by atoms with Crippen molar-refractivity contribution in [2.24, 2.45) is 12.0 Å². The third-order valence-corrected chi connectivity index (χ3v) is 4.88. The standard InChI is InChI=1S/C20H17N3O3.C2H4O2/c1-10-13-9-23(3)7-6-12(13)11(2)19-17(10)18-14(22-19)4-5-15(24)20(18)21-8-16(25)26;1-2(3)4/h4-9H,1-3H3,(H2,24,25,26);1H3,(H,3,4). The van der Waals surface area contributed by atoms with Crippen molar-refractivity contribution < 1.29 is 29.5 Å². The number of nitrogens with one attached hydrogen (secondary N) is 1. The number of H-pyrrole nitrogens is 1. The van der Waals surface area contributed by atoms with Crippen molar-refractivity contribution in [2.75, 3.05) is 0 Å². The summed E-state index contributed by atoms with van der Waals surface area (Å²) in [5.74, 6) is -2.29. The highest BCUT2D eigenvalue weighted by atomic mass is 16.4. The highest BCUT2D eigenvalue weighted by Gasteiger charge is 2.19. The molecule has 0 bridgehead atoms. The minimum absolute atomic E-state index is 0.0494. The predicted octanol–water partition coefficient (Wildman–Crippen LogP) is 2.16. The minimum Gasteiger partial charge on any atom is -0.550 e. The van der Waals surface area contributed by atoms with Crippen LogP contribution in [0.4, 0.5) is 5.69 Å². The van der Waals surface area contributed by atoms with Gasteiger partial charge in [-0.05, 0) is 49.4 Å². The molecule has 0 atom stereocenters. The Kier molecular flexibility index (Phi) is 5.42. The molecule has 2 heterocycles. The monoisotopic (exact) mass is 407 g/mol. The fourth-order valence-electron chi connectivity index (χ4n) is 3.66. The van der Waals surface area contributed by atoms with Gasteiger partial charge in [0.1, 0.15) is 24.7 Å². The smallest absolute Gasteiger partial charge is 0.346 e. The van der Waals surface area contributed by atoms with E-state index in [1.165, 1.54) is 6.07 Å². The van der Waals surface area contributed by atoms with E-state index in [2.05, 4.69) is 29.2 Å². The van der Waals surface area contributed by atoms with Gasteiger partial charge in [-0.15, -0.1) is 0 Å². The highest BCUT2D eigenvalue weighted by molar-refractivity contribution is 6.25. The van der Waals surface area contributed by atoms with Crippen molar-refractivity contribution in [1.82, 2.24) is 4.98 Å². The summed E-state index contributed by atoms with van der Waals surface area (Å²) < 4.78 is 2.00. The summed E-state index contributed by atoms with van der Waals surface area (Å²) in [4.78, 5) is 27.2. The number of aromatic amines is 1. The molecule has 4 aromatic rings. The molecule has 2 aromatic heterocycles. The predicted molar refractivity (Wildman–Crippen MR) is 112 cm³/mol. The van der Waals surface area contributed by atoms with Gasteiger partial charge in [0.25, 0.3) is 0 Å². The maximum atomic E-state index is 10.9. The Balaban J connectivity index is 0.000000589. The lowest BCUT2D eigenvalue weighted by atomic mass is 9.96. The molecular formula is C22H21N3O5. The number of carbonyl (C=O) groups is 2. The van der Waals surface area contributed by atoms with Crippen LogP contribution in [0.2, 0.25) is 0 Å². The van der Waals surface area contributed by atoms with Crippen LogP contribution in [0.5, 0.6) is 5.75 Å². The highest BCUT2D eigenvalue weighted by Crippen LogP contribution is 2.43. The summed E-state index contributed by atoms with van der Waals surface area (Å²) in [6.07, 6.45) is 4.88. The molecule has 0 aliphatic rings. The molecule has 3 N–H and O–H groups in total. The number of aliphatic imine (C=N–C) groups is 1. The zero-order valence-electron chi connectivity index (χ0n) is 17.0. The average molecular weight is 407 g/mol. The van der Waals surface area contributed by atoms with Gasteiger partial charge in [-0.2, -0.15) is 0 Å². The number of benzene rings is 2. The van der Waals surface area contributed by atoms with Crippen molar-refractivity contribution in [3.63, 3.8) is 0 Å². The molecule has 0 aliphatic carbocycles. The lowest BCUT2D eigenvalue weighted by molar-refractivity contribution is -0.670. The largest absolute Gasteiger partial charge is 0.550 e. The molecule has 0 spiro atoms. The molecule has 0 aliphatic heterocycles. The normalized spacial score (nSPS) is 11.2. The number of aliphatic carboxylic acids is 2. The van der Waals surface area contributed by atoms with Gasteiger partial charge in [0.15, 0.2) is 12.4 Å². The molecular weight excluding hydrogens is 386 g/mol. The molecule has 2 aromatic carbocycles. The minimum atomic E-state index is -1.16. The molecule has 30 heavy (non-hydrogen) atoms. The first-order valence-electron chi connectivity index (χ1n) is 9.12. The summed E-state index contributed by atoms with van der Waals surface area (Å²) >= 11 is 0. The maximum absolute atomic E-state index is 10.9. The third-order valence-electron chi connectivity index (χ3n) is 4.88. The van der Waals surface area contributed by atoms with Gasteiger partial charge in [-0.3, -0.25) is 0 Å². The van der Waals surface area contributed by atoms with Crippen molar-refractivity contribution in [1.29, 1.82) is 0 Å². The Morgan fingerprint density at radius 3 is 2.43 bits per heavy atom. The quantitative estimate of drug-likeness (QED) is 0.346. The third kappa shape index (κ3) is 3.67. The number of phenols is 1. The first-order chi connectivity index (χ1) is 14.1. The number of aromatic hydroxyl groups is 1. The zero-order valence-corrected chi connectivity index (χ0v) is 17.0. The molecule has 0 amide bonds. The Morgan fingerprint density at radius 2 is 1.80 bits per heavy atom. The van der Waals surface area contributed by atoms with Crippen LogP contribution in [-0.2, 0) is 16.6 Å². The molecule has 0 radical (unpaired) electrons. The van der Waals surface area contributed by atoms with Crippen LogP contribution in [0.25, 0.3) is 32.6 Å². The fraction of sp³-hybridized carbons (Fsp3) is 0.182. The summed E-state index contributed by atoms with van der Waals surface area (Å²) in [5, 5.41) is 32.0. The van der Waals surface area contributed by atoms with Gasteiger partial charge in [0, 0.05) is 33.7 Å². The van der Waals surface area contributed by atoms with E-state index in [0.717, 1.165) is 56.8 Å². The van der Waals surface area contributed by atoms with Crippen LogP contribution in [0.1, 0.15) is 18.1 Å². The maximum Gasteiger partial charge on any atom is 0.346 e. The van der Waals surface area contributed by atoms with E-state index < -0.39 is 11.9 Å². The number of rotatable bonds is 2. The van der Waals surface area contributed by atoms with E-state index in [1.807, 2.05) is 24.7 Å². The number of phenolic OH excluding ortho intramolecular Hbond substituents is 1. The number of carboxylic acids is 2. The Labute approximate surface area is 171 Å². The first kappa shape index (κ1) is 20.8. The van der Waals surface area contributed by atoms with Crippen LogP contribution in [0.3, 0.4) is 0 Å². The number of carboxylic acid groups (broad SMARTS) is 2. The van der Waals surface area contributed by atoms with E-state index in [0.29, 0.717) is 0 Å². The summed E-state index contributed by atoms with van der Waals surface area (Å²) in [5.41, 5.74) is 4.20. The topological polar surface area (TPSA) is 130 Å².